The Morgan fingerprint density at radius 1 is 0.632 bits per heavy atom. The zero-order chi connectivity index (χ0) is 12.9. The first-order valence-corrected chi connectivity index (χ1v) is 5.33. The second kappa shape index (κ2) is 4.53. The topological polar surface area (TPSA) is 74.6 Å². The standard InChI is InChI=1S/C14H8O4.Fe/c15-7-1-3-9-11(5-7)14(18)10-4-2-8(16)6-12(10)13(9)17;/h1-6,15-16H;. The van der Waals surface area contributed by atoms with Crippen molar-refractivity contribution in [3.05, 3.63) is 58.7 Å². The van der Waals surface area contributed by atoms with Gasteiger partial charge in [0, 0.05) is 39.3 Å². The van der Waals surface area contributed by atoms with Crippen LogP contribution in [0.5, 0.6) is 11.5 Å². The third-order valence-corrected chi connectivity index (χ3v) is 2.98. The van der Waals surface area contributed by atoms with E-state index < -0.39 is 0 Å². The number of carbonyl (C=O) groups excluding carboxylic acids is 2. The molecule has 0 aliphatic heterocycles. The van der Waals surface area contributed by atoms with Crippen LogP contribution >= 0.6 is 0 Å². The Hall–Kier alpha value is -2.10. The third kappa shape index (κ3) is 1.93. The molecule has 5 heteroatoms. The van der Waals surface area contributed by atoms with Gasteiger partial charge in [-0.25, -0.2) is 0 Å². The zero-order valence-corrected chi connectivity index (χ0v) is 10.6. The van der Waals surface area contributed by atoms with Gasteiger partial charge in [-0.1, -0.05) is 0 Å². The van der Waals surface area contributed by atoms with Crippen molar-refractivity contribution >= 4 is 11.6 Å². The molecule has 4 nitrogen and oxygen atoms in total. The van der Waals surface area contributed by atoms with Crippen LogP contribution in [-0.4, -0.2) is 21.8 Å². The molecule has 3 rings (SSSR count). The molecule has 0 fully saturated rings. The van der Waals surface area contributed by atoms with Gasteiger partial charge in [-0.3, -0.25) is 9.59 Å². The van der Waals surface area contributed by atoms with E-state index >= 15 is 0 Å². The Labute approximate surface area is 119 Å². The molecule has 1 aliphatic rings. The van der Waals surface area contributed by atoms with Crippen LogP contribution in [0.3, 0.4) is 0 Å². The van der Waals surface area contributed by atoms with Crippen LogP contribution in [0.1, 0.15) is 31.8 Å². The van der Waals surface area contributed by atoms with E-state index in [1.807, 2.05) is 0 Å². The van der Waals surface area contributed by atoms with Gasteiger partial charge in [-0.15, -0.1) is 0 Å². The zero-order valence-electron chi connectivity index (χ0n) is 9.53. The van der Waals surface area contributed by atoms with Crippen molar-refractivity contribution in [1.29, 1.82) is 0 Å². The smallest absolute Gasteiger partial charge is 0.194 e. The van der Waals surface area contributed by atoms with Gasteiger partial charge < -0.3 is 10.2 Å². The van der Waals surface area contributed by atoms with Gasteiger partial charge in [0.2, 0.25) is 0 Å². The minimum Gasteiger partial charge on any atom is -0.508 e. The summed E-state index contributed by atoms with van der Waals surface area (Å²) in [5.74, 6) is -0.764. The average molecular weight is 296 g/mol. The molecule has 0 spiro atoms. The first kappa shape index (κ1) is 13.3. The maximum Gasteiger partial charge on any atom is 0.194 e. The summed E-state index contributed by atoms with van der Waals surface area (Å²) in [5, 5.41) is 18.8. The molecule has 0 bridgehead atoms. The van der Waals surface area contributed by atoms with Crippen LogP contribution in [0, 0.1) is 0 Å². The van der Waals surface area contributed by atoms with Crippen molar-refractivity contribution in [2.24, 2.45) is 0 Å². The number of phenolic OH excluding ortho intramolecular Hbond substituents is 2. The van der Waals surface area contributed by atoms with Crippen LogP contribution in [0.25, 0.3) is 0 Å². The van der Waals surface area contributed by atoms with Gasteiger partial charge in [0.1, 0.15) is 11.5 Å². The Morgan fingerprint density at radius 3 is 1.37 bits per heavy atom. The summed E-state index contributed by atoms with van der Waals surface area (Å²) in [7, 11) is 0. The molecular weight excluding hydrogens is 288 g/mol. The van der Waals surface area contributed by atoms with Gasteiger partial charge in [0.25, 0.3) is 0 Å². The van der Waals surface area contributed by atoms with Crippen LogP contribution in [-0.2, 0) is 17.1 Å². The molecule has 0 radical (unpaired) electrons. The summed E-state index contributed by atoms with van der Waals surface area (Å²) in [4.78, 5) is 24.3. The van der Waals surface area contributed by atoms with E-state index in [-0.39, 0.29) is 62.4 Å². The molecule has 0 unspecified atom stereocenters. The number of hydrogen-bond acceptors (Lipinski definition) is 4. The predicted octanol–water partition coefficient (Wildman–Crippen LogP) is 1.87. The third-order valence-electron chi connectivity index (χ3n) is 2.98. The van der Waals surface area contributed by atoms with E-state index in [9.17, 15) is 19.8 Å². The maximum atomic E-state index is 12.2. The fourth-order valence-electron chi connectivity index (χ4n) is 2.13. The summed E-state index contributed by atoms with van der Waals surface area (Å²) >= 11 is 0. The maximum absolute atomic E-state index is 12.2. The second-order valence-electron chi connectivity index (χ2n) is 4.12. The van der Waals surface area contributed by atoms with Crippen LogP contribution in [0.2, 0.25) is 0 Å². The molecule has 0 saturated heterocycles. The monoisotopic (exact) mass is 296 g/mol. The number of ketones is 2. The SMILES string of the molecule is O=C1c2ccc(O)cc2C(=O)c2ccc(O)cc21.[Fe]. The van der Waals surface area contributed by atoms with Crippen molar-refractivity contribution in [3.63, 3.8) is 0 Å². The van der Waals surface area contributed by atoms with E-state index in [2.05, 4.69) is 0 Å². The quantitative estimate of drug-likeness (QED) is 0.621. The van der Waals surface area contributed by atoms with Crippen molar-refractivity contribution in [3.8, 4) is 11.5 Å². The van der Waals surface area contributed by atoms with Gasteiger partial charge >= 0.3 is 0 Å². The molecule has 0 atom stereocenters. The van der Waals surface area contributed by atoms with E-state index in [1.54, 1.807) is 0 Å². The summed E-state index contributed by atoms with van der Waals surface area (Å²) in [6.07, 6.45) is 0. The molecule has 96 valence electrons. The fraction of sp³-hybridized carbons (Fsp3) is 0. The molecule has 0 aromatic heterocycles. The predicted molar refractivity (Wildman–Crippen MR) is 63.1 cm³/mol. The molecule has 2 aromatic rings. The number of phenols is 2. The van der Waals surface area contributed by atoms with Crippen molar-refractivity contribution in [2.45, 2.75) is 0 Å². The molecule has 2 aromatic carbocycles. The number of rotatable bonds is 0. The van der Waals surface area contributed by atoms with Crippen molar-refractivity contribution < 1.29 is 36.9 Å². The number of carbonyl (C=O) groups is 2. The average Bonchev–Trinajstić information content (AvgIpc) is 2.36. The molecule has 0 amide bonds. The normalized spacial score (nSPS) is 12.4. The van der Waals surface area contributed by atoms with Gasteiger partial charge in [0.15, 0.2) is 11.6 Å². The first-order chi connectivity index (χ1) is 8.58. The number of hydrogen-bond donors (Lipinski definition) is 2. The largest absolute Gasteiger partial charge is 0.508 e. The first-order valence-electron chi connectivity index (χ1n) is 5.33. The van der Waals surface area contributed by atoms with Crippen molar-refractivity contribution in [2.75, 3.05) is 0 Å². The summed E-state index contributed by atoms with van der Waals surface area (Å²) < 4.78 is 0. The number of aromatic hydroxyl groups is 2. The Kier molecular flexibility index (Phi) is 3.18. The second-order valence-corrected chi connectivity index (χ2v) is 4.12. The molecule has 19 heavy (non-hydrogen) atoms. The van der Waals surface area contributed by atoms with Crippen LogP contribution < -0.4 is 0 Å². The van der Waals surface area contributed by atoms with Gasteiger partial charge in [0.05, 0.1) is 0 Å². The van der Waals surface area contributed by atoms with E-state index in [1.165, 1.54) is 36.4 Å². The van der Waals surface area contributed by atoms with E-state index in [0.29, 0.717) is 0 Å². The summed E-state index contributed by atoms with van der Waals surface area (Å²) in [6.45, 7) is 0. The number of benzene rings is 2. The van der Waals surface area contributed by atoms with Crippen LogP contribution in [0.15, 0.2) is 36.4 Å². The number of fused-ring (bicyclic) bond motifs is 2. The van der Waals surface area contributed by atoms with Crippen molar-refractivity contribution in [1.82, 2.24) is 0 Å². The summed E-state index contributed by atoms with van der Waals surface area (Å²) in [5.41, 5.74) is 0.878. The molecule has 1 aliphatic carbocycles. The minimum atomic E-state index is -0.324. The van der Waals surface area contributed by atoms with E-state index in [4.69, 9.17) is 0 Å². The Balaban J connectivity index is 0.00000133. The summed E-state index contributed by atoms with van der Waals surface area (Å²) in [6, 6.07) is 8.11. The Morgan fingerprint density at radius 2 is 1.00 bits per heavy atom. The molecule has 0 saturated carbocycles. The molecule has 2 N–H and O–H groups in total. The van der Waals surface area contributed by atoms with Gasteiger partial charge in [-0.2, -0.15) is 0 Å². The van der Waals surface area contributed by atoms with Crippen LogP contribution in [0.4, 0.5) is 0 Å². The molecule has 0 heterocycles. The van der Waals surface area contributed by atoms with Gasteiger partial charge in [-0.05, 0) is 36.4 Å². The fourth-order valence-corrected chi connectivity index (χ4v) is 2.13. The van der Waals surface area contributed by atoms with E-state index in [0.717, 1.165) is 0 Å². The molecular formula is C14H8FeO4. The Bertz CT molecular complexity index is 645. The minimum absolute atomic E-state index is 0.